The quantitative estimate of drug-likeness (QED) is 0.324. The van der Waals surface area contributed by atoms with E-state index in [-0.39, 0.29) is 0 Å². The van der Waals surface area contributed by atoms with E-state index in [2.05, 4.69) is 75.4 Å². The molecule has 0 N–H and O–H groups in total. The number of benzene rings is 3. The maximum absolute atomic E-state index is 2.34. The summed E-state index contributed by atoms with van der Waals surface area (Å²) >= 11 is 0. The molecule has 3 aliphatic carbocycles. The molecule has 0 heteroatoms. The van der Waals surface area contributed by atoms with Crippen LogP contribution in [0.15, 0.2) is 54.6 Å². The first kappa shape index (κ1) is 28.2. The topological polar surface area (TPSA) is 0 Å². The van der Waals surface area contributed by atoms with Gasteiger partial charge in [-0.3, -0.25) is 0 Å². The van der Waals surface area contributed by atoms with E-state index in [4.69, 9.17) is 0 Å². The molecule has 0 saturated heterocycles. The molecule has 0 nitrogen and oxygen atoms in total. The van der Waals surface area contributed by atoms with Crippen molar-refractivity contribution in [1.29, 1.82) is 0 Å². The van der Waals surface area contributed by atoms with Crippen molar-refractivity contribution in [3.63, 3.8) is 0 Å². The van der Waals surface area contributed by atoms with Gasteiger partial charge in [0.15, 0.2) is 0 Å². The zero-order valence-corrected chi connectivity index (χ0v) is 23.9. The van der Waals surface area contributed by atoms with Crippen molar-refractivity contribution < 1.29 is 0 Å². The molecule has 0 amide bonds. The normalized spacial score (nSPS) is 15.2. The van der Waals surface area contributed by atoms with Crippen LogP contribution in [-0.4, -0.2) is 0 Å². The Morgan fingerprint density at radius 3 is 1.44 bits per heavy atom. The molecule has 0 unspecified atom stereocenters. The average molecular weight is 483 g/mol. The summed E-state index contributed by atoms with van der Waals surface area (Å²) in [4.78, 5) is 0. The van der Waals surface area contributed by atoms with E-state index in [1.807, 2.05) is 13.8 Å². The minimum Gasteiger partial charge on any atom is -0.0683 e. The first-order valence-corrected chi connectivity index (χ1v) is 14.9. The highest BCUT2D eigenvalue weighted by Crippen LogP contribution is 2.25. The van der Waals surface area contributed by atoms with Crippen LogP contribution in [0.4, 0.5) is 0 Å². The third kappa shape index (κ3) is 8.09. The molecule has 6 rings (SSSR count). The minimum absolute atomic E-state index is 1.20. The summed E-state index contributed by atoms with van der Waals surface area (Å²) in [7, 11) is 0. The molecule has 0 heterocycles. The van der Waals surface area contributed by atoms with Crippen molar-refractivity contribution in [3.8, 4) is 0 Å². The summed E-state index contributed by atoms with van der Waals surface area (Å²) in [6.07, 6.45) is 17.4. The van der Waals surface area contributed by atoms with Crippen molar-refractivity contribution in [2.75, 3.05) is 0 Å². The summed E-state index contributed by atoms with van der Waals surface area (Å²) in [5.41, 5.74) is 14.0. The summed E-state index contributed by atoms with van der Waals surface area (Å²) < 4.78 is 0. The lowest BCUT2D eigenvalue weighted by Gasteiger charge is -2.18. The van der Waals surface area contributed by atoms with Crippen LogP contribution in [0.5, 0.6) is 0 Å². The van der Waals surface area contributed by atoms with Crippen LogP contribution in [0.25, 0.3) is 0 Å². The van der Waals surface area contributed by atoms with Gasteiger partial charge in [-0.05, 0) is 136 Å². The maximum atomic E-state index is 2.34. The van der Waals surface area contributed by atoms with E-state index < -0.39 is 0 Å². The Morgan fingerprint density at radius 2 is 0.944 bits per heavy atom. The third-order valence-corrected chi connectivity index (χ3v) is 7.88. The van der Waals surface area contributed by atoms with Gasteiger partial charge in [0, 0.05) is 0 Å². The Bertz CT molecular complexity index is 1000. The van der Waals surface area contributed by atoms with Crippen molar-refractivity contribution >= 4 is 0 Å². The summed E-state index contributed by atoms with van der Waals surface area (Å²) in [5, 5.41) is 0. The summed E-state index contributed by atoms with van der Waals surface area (Å²) in [5.74, 6) is 0. The maximum Gasteiger partial charge on any atom is -0.0273 e. The van der Waals surface area contributed by atoms with Crippen LogP contribution in [0.1, 0.15) is 109 Å². The molecule has 0 saturated carbocycles. The second-order valence-corrected chi connectivity index (χ2v) is 10.6. The molecule has 0 atom stereocenters. The zero-order valence-electron chi connectivity index (χ0n) is 23.9. The lowest BCUT2D eigenvalue weighted by molar-refractivity contribution is 0.679. The van der Waals surface area contributed by atoms with E-state index in [0.717, 1.165) is 0 Å². The van der Waals surface area contributed by atoms with Crippen LogP contribution in [0, 0.1) is 13.8 Å². The number of hydrogen-bond acceptors (Lipinski definition) is 0. The smallest absolute Gasteiger partial charge is 0.0273 e. The lowest BCUT2D eigenvalue weighted by Crippen LogP contribution is -2.05. The number of fused-ring (bicyclic) bond motifs is 3. The van der Waals surface area contributed by atoms with Crippen molar-refractivity contribution in [2.45, 2.75) is 118 Å². The molecule has 0 bridgehead atoms. The highest BCUT2D eigenvalue weighted by molar-refractivity contribution is 5.37. The fraction of sp³-hybridized carbons (Fsp3) is 0.500. The highest BCUT2D eigenvalue weighted by Gasteiger charge is 2.11. The molecule has 0 aromatic heterocycles. The van der Waals surface area contributed by atoms with Crippen LogP contribution in [-0.2, 0) is 44.9 Å². The van der Waals surface area contributed by atoms with Gasteiger partial charge in [-0.1, -0.05) is 86.5 Å². The molecular weight excluding hydrogens is 432 g/mol. The summed E-state index contributed by atoms with van der Waals surface area (Å²) in [6, 6.07) is 20.5. The first-order chi connectivity index (χ1) is 17.6. The molecular formula is C36H50. The summed E-state index contributed by atoms with van der Waals surface area (Å²) in [6.45, 7) is 10.6. The van der Waals surface area contributed by atoms with Gasteiger partial charge in [0.25, 0.3) is 0 Å². The Balaban J connectivity index is 0.000000145. The van der Waals surface area contributed by atoms with Crippen LogP contribution < -0.4 is 0 Å². The van der Waals surface area contributed by atoms with E-state index >= 15 is 0 Å². The predicted molar refractivity (Wildman–Crippen MR) is 159 cm³/mol. The van der Waals surface area contributed by atoms with Crippen LogP contribution >= 0.6 is 0 Å². The van der Waals surface area contributed by atoms with Crippen LogP contribution in [0.3, 0.4) is 0 Å². The monoisotopic (exact) mass is 482 g/mol. The van der Waals surface area contributed by atoms with Crippen molar-refractivity contribution in [1.82, 2.24) is 0 Å². The van der Waals surface area contributed by atoms with Gasteiger partial charge in [0.05, 0.1) is 0 Å². The SMILES string of the molecule is CC.CCc1cccc2c1CCCC2.Cc1ccc2c(c1)CCCC2.Cc1ccc2c(c1)CCCC2. The van der Waals surface area contributed by atoms with E-state index in [1.165, 1.54) is 94.6 Å². The van der Waals surface area contributed by atoms with Crippen LogP contribution in [0.2, 0.25) is 0 Å². The van der Waals surface area contributed by atoms with Crippen molar-refractivity contribution in [3.05, 3.63) is 105 Å². The Hall–Kier alpha value is -2.34. The first-order valence-electron chi connectivity index (χ1n) is 14.9. The van der Waals surface area contributed by atoms with Gasteiger partial charge in [0.2, 0.25) is 0 Å². The number of rotatable bonds is 1. The third-order valence-electron chi connectivity index (χ3n) is 7.88. The Morgan fingerprint density at radius 1 is 0.500 bits per heavy atom. The van der Waals surface area contributed by atoms with E-state index in [9.17, 15) is 0 Å². The minimum atomic E-state index is 1.20. The molecule has 0 spiro atoms. The molecule has 0 radical (unpaired) electrons. The molecule has 3 aliphatic rings. The number of aryl methyl sites for hydroxylation is 8. The molecule has 3 aromatic rings. The van der Waals surface area contributed by atoms with Crippen molar-refractivity contribution in [2.24, 2.45) is 0 Å². The molecule has 36 heavy (non-hydrogen) atoms. The predicted octanol–water partition coefficient (Wildman–Crippen LogP) is 9.90. The largest absolute Gasteiger partial charge is 0.0683 e. The molecule has 194 valence electrons. The number of hydrogen-bond donors (Lipinski definition) is 0. The fourth-order valence-electron chi connectivity index (χ4n) is 5.92. The molecule has 3 aromatic carbocycles. The standard InChI is InChI=1S/C12H16.2C11H14.C2H6/c1-2-10-7-5-8-11-6-3-4-9-12(10)11;2*1-9-6-7-10-4-2-3-5-11(10)8-9;1-2/h5,7-8H,2-4,6,9H2,1H3;2*6-8H,2-5H2,1H3;1-2H3. The van der Waals surface area contributed by atoms with Gasteiger partial charge >= 0.3 is 0 Å². The second kappa shape index (κ2) is 15.0. The average Bonchev–Trinajstić information content (AvgIpc) is 2.94. The zero-order chi connectivity index (χ0) is 25.8. The highest BCUT2D eigenvalue weighted by atomic mass is 14.2. The van der Waals surface area contributed by atoms with Gasteiger partial charge < -0.3 is 0 Å². The fourth-order valence-corrected chi connectivity index (χ4v) is 5.92. The van der Waals surface area contributed by atoms with E-state index in [0.29, 0.717) is 0 Å². The van der Waals surface area contributed by atoms with Gasteiger partial charge in [-0.15, -0.1) is 0 Å². The van der Waals surface area contributed by atoms with Gasteiger partial charge in [0.1, 0.15) is 0 Å². The van der Waals surface area contributed by atoms with Gasteiger partial charge in [-0.25, -0.2) is 0 Å². The Labute approximate surface area is 222 Å². The molecule has 0 fully saturated rings. The molecule has 0 aliphatic heterocycles. The van der Waals surface area contributed by atoms with E-state index in [1.54, 1.807) is 38.9 Å². The second-order valence-electron chi connectivity index (χ2n) is 10.6. The Kier molecular flexibility index (Phi) is 11.8. The lowest BCUT2D eigenvalue weighted by atomic mass is 9.87. The van der Waals surface area contributed by atoms with Gasteiger partial charge in [-0.2, -0.15) is 0 Å².